The highest BCUT2D eigenvalue weighted by Crippen LogP contribution is 2.33. The summed E-state index contributed by atoms with van der Waals surface area (Å²) in [7, 11) is 0. The zero-order valence-corrected chi connectivity index (χ0v) is 20.5. The van der Waals surface area contributed by atoms with Crippen LogP contribution in [0.1, 0.15) is 26.2 Å². The SMILES string of the molecule is CCCCC(=O)Nc1cncc(-c2cc(F)c3n[nH]c(-c4nc5nccc(-c6ccccn6)c5[nH]4)c3c2)c1. The number of amides is 1. The fraction of sp³-hybridized carbons (Fsp3) is 0.143. The number of aromatic nitrogens is 7. The lowest BCUT2D eigenvalue weighted by Gasteiger charge is -2.08. The molecule has 5 heterocycles. The molecule has 3 N–H and O–H groups in total. The number of H-pyrrole nitrogens is 2. The van der Waals surface area contributed by atoms with Gasteiger partial charge in [0.2, 0.25) is 5.91 Å². The van der Waals surface area contributed by atoms with E-state index in [1.54, 1.807) is 30.9 Å². The highest BCUT2D eigenvalue weighted by molar-refractivity contribution is 5.98. The van der Waals surface area contributed by atoms with Gasteiger partial charge in [-0.25, -0.2) is 14.4 Å². The number of unbranched alkanes of at least 4 members (excludes halogenated alkanes) is 1. The van der Waals surface area contributed by atoms with Crippen LogP contribution in [0, 0.1) is 5.82 Å². The van der Waals surface area contributed by atoms with Gasteiger partial charge < -0.3 is 10.3 Å². The Morgan fingerprint density at radius 3 is 2.82 bits per heavy atom. The number of anilines is 1. The number of carbonyl (C=O) groups excluding carboxylic acids is 1. The lowest BCUT2D eigenvalue weighted by Crippen LogP contribution is -2.11. The zero-order chi connectivity index (χ0) is 26.1. The summed E-state index contributed by atoms with van der Waals surface area (Å²) >= 11 is 0. The van der Waals surface area contributed by atoms with Crippen LogP contribution in [0.3, 0.4) is 0 Å². The molecule has 6 rings (SSSR count). The van der Waals surface area contributed by atoms with Gasteiger partial charge >= 0.3 is 0 Å². The summed E-state index contributed by atoms with van der Waals surface area (Å²) in [5, 5.41) is 10.5. The average Bonchev–Trinajstić information content (AvgIpc) is 3.57. The van der Waals surface area contributed by atoms with Crippen LogP contribution in [0.2, 0.25) is 0 Å². The number of fused-ring (bicyclic) bond motifs is 2. The Kier molecular flexibility index (Phi) is 6.04. The fourth-order valence-corrected chi connectivity index (χ4v) is 4.41. The summed E-state index contributed by atoms with van der Waals surface area (Å²) < 4.78 is 15.2. The van der Waals surface area contributed by atoms with Gasteiger partial charge in [0.1, 0.15) is 11.2 Å². The molecule has 0 aliphatic rings. The highest BCUT2D eigenvalue weighted by atomic mass is 19.1. The molecule has 5 aromatic heterocycles. The number of hydrogen-bond donors (Lipinski definition) is 3. The third-order valence-electron chi connectivity index (χ3n) is 6.29. The largest absolute Gasteiger partial charge is 0.335 e. The average molecular weight is 507 g/mol. The van der Waals surface area contributed by atoms with E-state index in [1.165, 1.54) is 6.07 Å². The lowest BCUT2D eigenvalue weighted by atomic mass is 10.0. The predicted octanol–water partition coefficient (Wildman–Crippen LogP) is 5.89. The molecule has 0 aliphatic heterocycles. The van der Waals surface area contributed by atoms with Crippen molar-refractivity contribution in [2.45, 2.75) is 26.2 Å². The van der Waals surface area contributed by atoms with Gasteiger partial charge in [-0.3, -0.25) is 19.9 Å². The standard InChI is InChI=1S/C28H23FN8O/c1-2-3-7-23(38)33-18-11-17(14-30-15-18)16-12-20-24(21(29)13-16)36-37-26(20)28-34-25-19(8-10-32-27(25)35-28)22-6-4-5-9-31-22/h4-6,8-15H,2-3,7H2,1H3,(H,33,38)(H,36,37)(H,32,34,35). The molecule has 1 aromatic carbocycles. The van der Waals surface area contributed by atoms with Gasteiger partial charge in [0.05, 0.1) is 23.1 Å². The maximum Gasteiger partial charge on any atom is 0.224 e. The summed E-state index contributed by atoms with van der Waals surface area (Å²) in [6.45, 7) is 2.03. The third-order valence-corrected chi connectivity index (χ3v) is 6.29. The summed E-state index contributed by atoms with van der Waals surface area (Å²) in [6, 6.07) is 12.6. The molecule has 0 unspecified atom stereocenters. The van der Waals surface area contributed by atoms with Crippen molar-refractivity contribution in [1.29, 1.82) is 0 Å². The quantitative estimate of drug-likeness (QED) is 0.248. The maximum atomic E-state index is 15.2. The summed E-state index contributed by atoms with van der Waals surface area (Å²) in [6.07, 6.45) is 8.80. The minimum atomic E-state index is -0.485. The van der Waals surface area contributed by atoms with E-state index < -0.39 is 5.82 Å². The number of pyridine rings is 3. The van der Waals surface area contributed by atoms with Crippen molar-refractivity contribution in [1.82, 2.24) is 35.1 Å². The van der Waals surface area contributed by atoms with Crippen molar-refractivity contribution in [3.63, 3.8) is 0 Å². The normalized spacial score (nSPS) is 11.3. The lowest BCUT2D eigenvalue weighted by molar-refractivity contribution is -0.116. The molecule has 6 aromatic rings. The number of benzene rings is 1. The van der Waals surface area contributed by atoms with E-state index in [4.69, 9.17) is 0 Å². The molecule has 0 fully saturated rings. The minimum Gasteiger partial charge on any atom is -0.335 e. The molecule has 0 saturated heterocycles. The second-order valence-electron chi connectivity index (χ2n) is 8.92. The van der Waals surface area contributed by atoms with E-state index in [9.17, 15) is 4.79 Å². The molecule has 10 heteroatoms. The molecule has 9 nitrogen and oxygen atoms in total. The number of halogens is 1. The van der Waals surface area contributed by atoms with Crippen LogP contribution in [-0.2, 0) is 4.79 Å². The van der Waals surface area contributed by atoms with E-state index in [-0.39, 0.29) is 11.4 Å². The molecule has 188 valence electrons. The highest BCUT2D eigenvalue weighted by Gasteiger charge is 2.18. The molecule has 0 saturated carbocycles. The number of rotatable bonds is 7. The van der Waals surface area contributed by atoms with Gasteiger partial charge in [0, 0.05) is 41.5 Å². The fourth-order valence-electron chi connectivity index (χ4n) is 4.41. The molecule has 0 bridgehead atoms. The van der Waals surface area contributed by atoms with Crippen LogP contribution < -0.4 is 5.32 Å². The number of nitrogens with zero attached hydrogens (tertiary/aromatic N) is 5. The van der Waals surface area contributed by atoms with E-state index >= 15 is 4.39 Å². The second kappa shape index (κ2) is 9.81. The molecule has 0 radical (unpaired) electrons. The zero-order valence-electron chi connectivity index (χ0n) is 20.5. The van der Waals surface area contributed by atoms with E-state index in [1.807, 2.05) is 37.3 Å². The van der Waals surface area contributed by atoms with Crippen LogP contribution in [-0.4, -0.2) is 41.0 Å². The first kappa shape index (κ1) is 23.4. The Hall–Kier alpha value is -4.99. The second-order valence-corrected chi connectivity index (χ2v) is 8.92. The van der Waals surface area contributed by atoms with Crippen molar-refractivity contribution in [2.75, 3.05) is 5.32 Å². The molecule has 38 heavy (non-hydrogen) atoms. The van der Waals surface area contributed by atoms with Gasteiger partial charge in [0.25, 0.3) is 0 Å². The van der Waals surface area contributed by atoms with Gasteiger partial charge in [-0.1, -0.05) is 19.4 Å². The Morgan fingerprint density at radius 1 is 1.05 bits per heavy atom. The van der Waals surface area contributed by atoms with Gasteiger partial charge in [-0.15, -0.1) is 0 Å². The first-order valence-electron chi connectivity index (χ1n) is 12.3. The van der Waals surface area contributed by atoms with Crippen LogP contribution in [0.5, 0.6) is 0 Å². The summed E-state index contributed by atoms with van der Waals surface area (Å²) in [4.78, 5) is 33.2. The number of aromatic amines is 2. The number of carbonyl (C=O) groups is 1. The minimum absolute atomic E-state index is 0.0758. The van der Waals surface area contributed by atoms with E-state index in [0.29, 0.717) is 45.8 Å². The smallest absolute Gasteiger partial charge is 0.224 e. The molecule has 0 aliphatic carbocycles. The molecule has 0 atom stereocenters. The maximum absolute atomic E-state index is 15.2. The van der Waals surface area contributed by atoms with Gasteiger partial charge in [-0.2, -0.15) is 5.10 Å². The number of imidazole rings is 1. The van der Waals surface area contributed by atoms with Gasteiger partial charge in [-0.05, 0) is 48.4 Å². The topological polar surface area (TPSA) is 125 Å². The number of hydrogen-bond acceptors (Lipinski definition) is 6. The number of nitrogens with one attached hydrogen (secondary N) is 3. The van der Waals surface area contributed by atoms with Crippen LogP contribution in [0.25, 0.3) is 56.0 Å². The third kappa shape index (κ3) is 4.36. The van der Waals surface area contributed by atoms with Crippen LogP contribution in [0.4, 0.5) is 10.1 Å². The van der Waals surface area contributed by atoms with Crippen molar-refractivity contribution in [2.24, 2.45) is 0 Å². The van der Waals surface area contributed by atoms with Crippen molar-refractivity contribution in [3.8, 4) is 33.9 Å². The van der Waals surface area contributed by atoms with Crippen LogP contribution >= 0.6 is 0 Å². The predicted molar refractivity (Wildman–Crippen MR) is 144 cm³/mol. The molecule has 1 amide bonds. The molecular weight excluding hydrogens is 483 g/mol. The van der Waals surface area contributed by atoms with Crippen LogP contribution in [0.15, 0.2) is 67.3 Å². The van der Waals surface area contributed by atoms with E-state index in [2.05, 4.69) is 40.4 Å². The van der Waals surface area contributed by atoms with Crippen molar-refractivity contribution >= 4 is 33.7 Å². The molecule has 0 spiro atoms. The molecular formula is C28H23FN8O. The first-order chi connectivity index (χ1) is 18.6. The summed E-state index contributed by atoms with van der Waals surface area (Å²) in [5.74, 6) is -0.0843. The Bertz CT molecular complexity index is 1780. The summed E-state index contributed by atoms with van der Waals surface area (Å²) in [5.41, 5.74) is 5.41. The van der Waals surface area contributed by atoms with Crippen molar-refractivity contribution in [3.05, 3.63) is 73.1 Å². The first-order valence-corrected chi connectivity index (χ1v) is 12.3. The van der Waals surface area contributed by atoms with E-state index in [0.717, 1.165) is 29.6 Å². The Labute approximate surface area is 216 Å². The monoisotopic (exact) mass is 506 g/mol. The Morgan fingerprint density at radius 2 is 1.97 bits per heavy atom. The van der Waals surface area contributed by atoms with Gasteiger partial charge in [0.15, 0.2) is 17.3 Å². The van der Waals surface area contributed by atoms with Crippen molar-refractivity contribution < 1.29 is 9.18 Å². The Balaban J connectivity index is 1.40.